The van der Waals surface area contributed by atoms with E-state index in [-0.39, 0.29) is 16.7 Å². The minimum atomic E-state index is -1.05. The van der Waals surface area contributed by atoms with E-state index < -0.39 is 11.9 Å². The quantitative estimate of drug-likeness (QED) is 0.680. The Balaban J connectivity index is 0.000000211. The summed E-state index contributed by atoms with van der Waals surface area (Å²) < 4.78 is 4.42. The van der Waals surface area contributed by atoms with Gasteiger partial charge in [0, 0.05) is 24.5 Å². The van der Waals surface area contributed by atoms with Gasteiger partial charge >= 0.3 is 11.9 Å². The summed E-state index contributed by atoms with van der Waals surface area (Å²) in [7, 11) is 1.29. The van der Waals surface area contributed by atoms with Crippen molar-refractivity contribution in [1.82, 2.24) is 9.97 Å². The molecule has 0 spiro atoms. The number of methoxy groups -OCH3 is 1. The lowest BCUT2D eigenvalue weighted by molar-refractivity contribution is 0.0599. The molecule has 0 unspecified atom stereocenters. The Labute approximate surface area is 118 Å². The maximum atomic E-state index is 10.8. The van der Waals surface area contributed by atoms with E-state index in [0.29, 0.717) is 5.56 Å². The van der Waals surface area contributed by atoms with Gasteiger partial charge in [-0.3, -0.25) is 9.59 Å². The van der Waals surface area contributed by atoms with E-state index in [1.54, 1.807) is 0 Å². The molecular formula is C13H12N2O6. The number of carbonyl (C=O) groups excluding carboxylic acids is 1. The standard InChI is InChI=1S/C7H7NO3.C6H5NO3/c1-11-7(10)5-2-3-6(9)8-4-5;8-5-2-1-4(3-7-5)6(9)10/h2-4H,1H3,(H,8,9);1-3H,(H,7,8)(H,9,10). The van der Waals surface area contributed by atoms with Crippen LogP contribution in [0.1, 0.15) is 20.7 Å². The van der Waals surface area contributed by atoms with Gasteiger partial charge in [0.25, 0.3) is 0 Å². The maximum Gasteiger partial charge on any atom is 0.339 e. The first-order valence-electron chi connectivity index (χ1n) is 5.63. The molecule has 110 valence electrons. The molecule has 0 atom stereocenters. The zero-order valence-electron chi connectivity index (χ0n) is 11.0. The molecule has 0 aromatic carbocycles. The van der Waals surface area contributed by atoms with Crippen LogP contribution in [-0.4, -0.2) is 34.1 Å². The van der Waals surface area contributed by atoms with Crippen LogP contribution < -0.4 is 11.1 Å². The van der Waals surface area contributed by atoms with Gasteiger partial charge in [-0.2, -0.15) is 0 Å². The Morgan fingerprint density at radius 3 is 1.76 bits per heavy atom. The van der Waals surface area contributed by atoms with Crippen molar-refractivity contribution in [3.63, 3.8) is 0 Å². The normalized spacial score (nSPS) is 9.19. The molecule has 2 aromatic rings. The average Bonchev–Trinajstić information content (AvgIpc) is 2.48. The number of rotatable bonds is 2. The Morgan fingerprint density at radius 2 is 1.43 bits per heavy atom. The highest BCUT2D eigenvalue weighted by molar-refractivity contribution is 5.88. The summed E-state index contributed by atoms with van der Waals surface area (Å²) in [4.78, 5) is 46.5. The van der Waals surface area contributed by atoms with Gasteiger partial charge in [0.05, 0.1) is 18.2 Å². The lowest BCUT2D eigenvalue weighted by Crippen LogP contribution is -2.07. The fourth-order valence-electron chi connectivity index (χ4n) is 1.20. The number of esters is 1. The summed E-state index contributed by atoms with van der Waals surface area (Å²) in [6, 6.07) is 5.10. The van der Waals surface area contributed by atoms with Gasteiger partial charge < -0.3 is 19.8 Å². The van der Waals surface area contributed by atoms with Crippen molar-refractivity contribution < 1.29 is 19.4 Å². The number of carbonyl (C=O) groups is 2. The van der Waals surface area contributed by atoms with E-state index in [0.717, 1.165) is 6.20 Å². The minimum absolute atomic E-state index is 0.0830. The SMILES string of the molecule is COC(=O)c1ccc(=O)[nH]c1.O=C(O)c1ccc(=O)[nH]c1. The van der Waals surface area contributed by atoms with Crippen LogP contribution in [0.3, 0.4) is 0 Å². The van der Waals surface area contributed by atoms with Gasteiger partial charge in [-0.05, 0) is 12.1 Å². The zero-order valence-corrected chi connectivity index (χ0v) is 11.0. The monoisotopic (exact) mass is 292 g/mol. The first-order chi connectivity index (χ1) is 9.93. The van der Waals surface area contributed by atoms with Crippen molar-refractivity contribution in [2.24, 2.45) is 0 Å². The van der Waals surface area contributed by atoms with E-state index >= 15 is 0 Å². The Kier molecular flexibility index (Phi) is 5.63. The summed E-state index contributed by atoms with van der Waals surface area (Å²) in [5.41, 5.74) is -0.116. The first kappa shape index (κ1) is 15.9. The van der Waals surface area contributed by atoms with Gasteiger partial charge in [0.15, 0.2) is 0 Å². The predicted molar refractivity (Wildman–Crippen MR) is 72.4 cm³/mol. The van der Waals surface area contributed by atoms with Gasteiger partial charge in [-0.15, -0.1) is 0 Å². The lowest BCUT2D eigenvalue weighted by Gasteiger charge is -1.95. The highest BCUT2D eigenvalue weighted by atomic mass is 16.5. The third-order valence-electron chi connectivity index (χ3n) is 2.24. The highest BCUT2D eigenvalue weighted by Crippen LogP contribution is 1.94. The minimum Gasteiger partial charge on any atom is -0.478 e. The third-order valence-corrected chi connectivity index (χ3v) is 2.24. The number of aromatic amines is 2. The molecule has 0 radical (unpaired) electrons. The number of hydrogen-bond acceptors (Lipinski definition) is 5. The van der Waals surface area contributed by atoms with E-state index in [4.69, 9.17) is 5.11 Å². The number of aromatic nitrogens is 2. The second-order valence-electron chi connectivity index (χ2n) is 3.68. The van der Waals surface area contributed by atoms with Gasteiger partial charge in [0.1, 0.15) is 0 Å². The van der Waals surface area contributed by atoms with E-state index in [2.05, 4.69) is 14.7 Å². The Hall–Kier alpha value is -3.16. The average molecular weight is 292 g/mol. The molecule has 8 heteroatoms. The van der Waals surface area contributed by atoms with Crippen LogP contribution in [0.4, 0.5) is 0 Å². The van der Waals surface area contributed by atoms with Crippen molar-refractivity contribution in [3.05, 3.63) is 68.5 Å². The van der Waals surface area contributed by atoms with Crippen molar-refractivity contribution in [2.45, 2.75) is 0 Å². The summed E-state index contributed by atoms with van der Waals surface area (Å²) in [6.07, 6.45) is 2.47. The Bertz CT molecular complexity index is 706. The van der Waals surface area contributed by atoms with E-state index in [1.165, 1.54) is 37.6 Å². The molecule has 2 aromatic heterocycles. The molecule has 2 heterocycles. The third kappa shape index (κ3) is 5.15. The number of nitrogens with one attached hydrogen (secondary N) is 2. The second kappa shape index (κ2) is 7.43. The lowest BCUT2D eigenvalue weighted by atomic mass is 10.3. The molecule has 2 rings (SSSR count). The van der Waals surface area contributed by atoms with Crippen molar-refractivity contribution in [1.29, 1.82) is 0 Å². The molecule has 0 fully saturated rings. The second-order valence-corrected chi connectivity index (χ2v) is 3.68. The molecule has 3 N–H and O–H groups in total. The summed E-state index contributed by atoms with van der Waals surface area (Å²) in [5.74, 6) is -1.50. The number of carboxylic acid groups (broad SMARTS) is 1. The maximum absolute atomic E-state index is 10.8. The number of H-pyrrole nitrogens is 2. The van der Waals surface area contributed by atoms with Crippen LogP contribution >= 0.6 is 0 Å². The zero-order chi connectivity index (χ0) is 15.8. The summed E-state index contributed by atoms with van der Waals surface area (Å²) in [5, 5.41) is 8.35. The van der Waals surface area contributed by atoms with Gasteiger partial charge in [0.2, 0.25) is 11.1 Å². The smallest absolute Gasteiger partial charge is 0.339 e. The number of hydrogen-bond donors (Lipinski definition) is 3. The Morgan fingerprint density at radius 1 is 0.952 bits per heavy atom. The number of aromatic carboxylic acids is 1. The molecule has 0 saturated heterocycles. The molecule has 0 amide bonds. The number of ether oxygens (including phenoxy) is 1. The number of carboxylic acids is 1. The molecular weight excluding hydrogens is 280 g/mol. The van der Waals surface area contributed by atoms with E-state index in [9.17, 15) is 19.2 Å². The summed E-state index contributed by atoms with van der Waals surface area (Å²) >= 11 is 0. The predicted octanol–water partition coefficient (Wildman–Crippen LogP) is 0.235. The van der Waals surface area contributed by atoms with Crippen LogP contribution in [0.2, 0.25) is 0 Å². The van der Waals surface area contributed by atoms with Crippen molar-refractivity contribution in [3.8, 4) is 0 Å². The topological polar surface area (TPSA) is 129 Å². The van der Waals surface area contributed by atoms with Crippen LogP contribution in [0, 0.1) is 0 Å². The molecule has 0 aliphatic carbocycles. The molecule has 0 aliphatic heterocycles. The molecule has 0 saturated carbocycles. The van der Waals surface area contributed by atoms with Crippen LogP contribution in [0.15, 0.2) is 46.2 Å². The fourth-order valence-corrected chi connectivity index (χ4v) is 1.20. The molecule has 0 bridgehead atoms. The molecule has 8 nitrogen and oxygen atoms in total. The summed E-state index contributed by atoms with van der Waals surface area (Å²) in [6.45, 7) is 0. The number of pyridine rings is 2. The van der Waals surface area contributed by atoms with Crippen LogP contribution in [-0.2, 0) is 4.74 Å². The largest absolute Gasteiger partial charge is 0.478 e. The van der Waals surface area contributed by atoms with Crippen molar-refractivity contribution >= 4 is 11.9 Å². The first-order valence-corrected chi connectivity index (χ1v) is 5.63. The van der Waals surface area contributed by atoms with E-state index in [1.807, 2.05) is 0 Å². The van der Waals surface area contributed by atoms with Gasteiger partial charge in [-0.1, -0.05) is 0 Å². The van der Waals surface area contributed by atoms with Crippen molar-refractivity contribution in [2.75, 3.05) is 7.11 Å². The van der Waals surface area contributed by atoms with Crippen LogP contribution in [0.5, 0.6) is 0 Å². The molecule has 0 aliphatic rings. The molecule has 21 heavy (non-hydrogen) atoms. The van der Waals surface area contributed by atoms with Gasteiger partial charge in [-0.25, -0.2) is 9.59 Å². The highest BCUT2D eigenvalue weighted by Gasteiger charge is 2.02. The van der Waals surface area contributed by atoms with Crippen LogP contribution in [0.25, 0.3) is 0 Å². The fraction of sp³-hybridized carbons (Fsp3) is 0.0769.